The van der Waals surface area contributed by atoms with Crippen LogP contribution in [0.15, 0.2) is 9.52 Å². The molecule has 1 aromatic heterocycles. The lowest BCUT2D eigenvalue weighted by molar-refractivity contribution is 0.0792. The molecule has 0 aromatic carbocycles. The fourth-order valence-electron chi connectivity index (χ4n) is 2.74. The average Bonchev–Trinajstić information content (AvgIpc) is 2.70. The molecule has 7 heteroatoms. The highest BCUT2D eigenvalue weighted by molar-refractivity contribution is 7.80. The molecule has 1 amide bonds. The third-order valence-electron chi connectivity index (χ3n) is 3.69. The lowest BCUT2D eigenvalue weighted by Gasteiger charge is -2.29. The molecular weight excluding hydrogens is 300 g/mol. The molecular formula is C15H22N4O2S. The number of furan rings is 1. The van der Waals surface area contributed by atoms with Gasteiger partial charge in [-0.25, -0.2) is 0 Å². The summed E-state index contributed by atoms with van der Waals surface area (Å²) in [5.74, 6) is 1.02. The van der Waals surface area contributed by atoms with Gasteiger partial charge in [0.2, 0.25) is 0 Å². The van der Waals surface area contributed by atoms with Crippen molar-refractivity contribution in [3.05, 3.63) is 22.6 Å². The van der Waals surface area contributed by atoms with Gasteiger partial charge in [-0.3, -0.25) is 10.2 Å². The number of carbonyl (C=O) groups excluding carboxylic acids is 1. The number of thiocarbonyl (C=S) groups is 1. The van der Waals surface area contributed by atoms with Gasteiger partial charge in [-0.1, -0.05) is 13.8 Å². The first kappa shape index (κ1) is 16.5. The number of nitrogens with two attached hydrogens (primary N) is 1. The van der Waals surface area contributed by atoms with Gasteiger partial charge in [0.1, 0.15) is 5.76 Å². The Kier molecular flexibility index (Phi) is 4.28. The molecule has 0 saturated carbocycles. The molecule has 1 aromatic rings. The summed E-state index contributed by atoms with van der Waals surface area (Å²) in [6, 6.07) is 0. The average molecular weight is 322 g/mol. The monoisotopic (exact) mass is 322 g/mol. The summed E-state index contributed by atoms with van der Waals surface area (Å²) in [5, 5.41) is 4.43. The van der Waals surface area contributed by atoms with E-state index in [0.717, 1.165) is 35.4 Å². The van der Waals surface area contributed by atoms with Crippen molar-refractivity contribution in [1.29, 1.82) is 0 Å². The van der Waals surface area contributed by atoms with Crippen LogP contribution in [0, 0.1) is 12.3 Å². The Bertz CT molecular complexity index is 659. The lowest BCUT2D eigenvalue weighted by atomic mass is 9.75. The first-order valence-corrected chi connectivity index (χ1v) is 7.49. The number of rotatable bonds is 2. The van der Waals surface area contributed by atoms with Gasteiger partial charge in [0.15, 0.2) is 10.9 Å². The predicted octanol–water partition coefficient (Wildman–Crippen LogP) is 1.80. The molecule has 0 unspecified atom stereocenters. The van der Waals surface area contributed by atoms with Gasteiger partial charge in [0.25, 0.3) is 5.91 Å². The van der Waals surface area contributed by atoms with Crippen molar-refractivity contribution in [2.24, 2.45) is 16.3 Å². The number of carbonyl (C=O) groups is 1. The second-order valence-corrected chi connectivity index (χ2v) is 7.05. The molecule has 0 aliphatic heterocycles. The molecule has 0 saturated heterocycles. The fourth-order valence-corrected chi connectivity index (χ4v) is 2.78. The van der Waals surface area contributed by atoms with Gasteiger partial charge in [-0.2, -0.15) is 5.10 Å². The van der Waals surface area contributed by atoms with Crippen LogP contribution >= 0.6 is 12.2 Å². The molecule has 1 aliphatic rings. The van der Waals surface area contributed by atoms with Crippen molar-refractivity contribution in [2.45, 2.75) is 33.6 Å². The maximum absolute atomic E-state index is 12.3. The SMILES string of the molecule is Cc1c(C(=O)N(C)C)oc2c1/C(=N\NC(N)=S)CC(C)(C)C2. The van der Waals surface area contributed by atoms with Crippen LogP contribution in [-0.4, -0.2) is 35.7 Å². The maximum atomic E-state index is 12.3. The molecule has 0 radical (unpaired) electrons. The minimum Gasteiger partial charge on any atom is -0.455 e. The Balaban J connectivity index is 2.54. The van der Waals surface area contributed by atoms with E-state index < -0.39 is 0 Å². The van der Waals surface area contributed by atoms with Crippen LogP contribution in [0.1, 0.15) is 47.7 Å². The predicted molar refractivity (Wildman–Crippen MR) is 90.0 cm³/mol. The van der Waals surface area contributed by atoms with E-state index in [1.165, 1.54) is 4.90 Å². The third-order valence-corrected chi connectivity index (χ3v) is 3.79. The van der Waals surface area contributed by atoms with E-state index in [1.807, 2.05) is 6.92 Å². The smallest absolute Gasteiger partial charge is 0.289 e. The second-order valence-electron chi connectivity index (χ2n) is 6.61. The molecule has 3 N–H and O–H groups in total. The van der Waals surface area contributed by atoms with Crippen LogP contribution in [0.25, 0.3) is 0 Å². The number of hydrogen-bond acceptors (Lipinski definition) is 4. The molecule has 0 spiro atoms. The van der Waals surface area contributed by atoms with Crippen molar-refractivity contribution < 1.29 is 9.21 Å². The van der Waals surface area contributed by atoms with Gasteiger partial charge in [0, 0.05) is 31.6 Å². The van der Waals surface area contributed by atoms with E-state index in [-0.39, 0.29) is 16.4 Å². The Hall–Kier alpha value is -1.89. The molecule has 0 fully saturated rings. The summed E-state index contributed by atoms with van der Waals surface area (Å²) >= 11 is 4.81. The van der Waals surface area contributed by atoms with Crippen molar-refractivity contribution in [3.8, 4) is 0 Å². The molecule has 1 aliphatic carbocycles. The van der Waals surface area contributed by atoms with Crippen LogP contribution in [0.5, 0.6) is 0 Å². The molecule has 22 heavy (non-hydrogen) atoms. The summed E-state index contributed by atoms with van der Waals surface area (Å²) < 4.78 is 5.87. The summed E-state index contributed by atoms with van der Waals surface area (Å²) in [6.07, 6.45) is 1.52. The Morgan fingerprint density at radius 1 is 1.41 bits per heavy atom. The minimum absolute atomic E-state index is 0.00748. The van der Waals surface area contributed by atoms with Crippen molar-refractivity contribution in [1.82, 2.24) is 10.3 Å². The summed E-state index contributed by atoms with van der Waals surface area (Å²) in [4.78, 5) is 13.8. The fraction of sp³-hybridized carbons (Fsp3) is 0.533. The Labute approximate surface area is 135 Å². The number of hydrogen-bond donors (Lipinski definition) is 2. The van der Waals surface area contributed by atoms with E-state index in [1.54, 1.807) is 14.1 Å². The van der Waals surface area contributed by atoms with Gasteiger partial charge in [0.05, 0.1) is 5.71 Å². The van der Waals surface area contributed by atoms with E-state index >= 15 is 0 Å². The number of fused-ring (bicyclic) bond motifs is 1. The summed E-state index contributed by atoms with van der Waals surface area (Å²) in [7, 11) is 3.41. The van der Waals surface area contributed by atoms with Gasteiger partial charge in [-0.05, 0) is 31.0 Å². The zero-order chi connectivity index (χ0) is 16.7. The van der Waals surface area contributed by atoms with E-state index in [9.17, 15) is 4.79 Å². The first-order chi connectivity index (χ1) is 10.1. The Morgan fingerprint density at radius 2 is 2.05 bits per heavy atom. The van der Waals surface area contributed by atoms with Crippen LogP contribution in [-0.2, 0) is 6.42 Å². The van der Waals surface area contributed by atoms with E-state index in [2.05, 4.69) is 24.4 Å². The third kappa shape index (κ3) is 3.14. The maximum Gasteiger partial charge on any atom is 0.289 e. The lowest BCUT2D eigenvalue weighted by Crippen LogP contribution is -2.31. The number of hydrazone groups is 1. The molecule has 120 valence electrons. The summed E-state index contributed by atoms with van der Waals surface area (Å²) in [5.41, 5.74) is 10.6. The molecule has 0 atom stereocenters. The van der Waals surface area contributed by atoms with Crippen LogP contribution in [0.3, 0.4) is 0 Å². The van der Waals surface area contributed by atoms with Gasteiger partial charge >= 0.3 is 0 Å². The van der Waals surface area contributed by atoms with Crippen molar-refractivity contribution >= 4 is 28.9 Å². The molecule has 2 rings (SSSR count). The number of amides is 1. The van der Waals surface area contributed by atoms with Crippen molar-refractivity contribution in [2.75, 3.05) is 14.1 Å². The standard InChI is InChI=1S/C15H22N4O2S/c1-8-11-9(17-18-14(16)22)6-15(2,3)7-10(11)21-12(8)13(20)19(4)5/h6-7H2,1-5H3,(H3,16,18,22)/b17-9-. The normalized spacial score (nSPS) is 18.0. The largest absolute Gasteiger partial charge is 0.455 e. The van der Waals surface area contributed by atoms with Crippen LogP contribution in [0.2, 0.25) is 0 Å². The molecule has 1 heterocycles. The number of nitrogens with zero attached hydrogens (tertiary/aromatic N) is 2. The highest BCUT2D eigenvalue weighted by Crippen LogP contribution is 2.38. The van der Waals surface area contributed by atoms with E-state index in [0.29, 0.717) is 5.76 Å². The van der Waals surface area contributed by atoms with Gasteiger partial charge in [-0.15, -0.1) is 0 Å². The van der Waals surface area contributed by atoms with E-state index in [4.69, 9.17) is 22.4 Å². The second kappa shape index (κ2) is 5.72. The highest BCUT2D eigenvalue weighted by atomic mass is 32.1. The summed E-state index contributed by atoms with van der Waals surface area (Å²) in [6.45, 7) is 6.16. The zero-order valence-electron chi connectivity index (χ0n) is 13.6. The first-order valence-electron chi connectivity index (χ1n) is 7.08. The Morgan fingerprint density at radius 3 is 2.59 bits per heavy atom. The van der Waals surface area contributed by atoms with Gasteiger partial charge < -0.3 is 15.1 Å². The minimum atomic E-state index is -0.147. The topological polar surface area (TPSA) is 83.9 Å². The van der Waals surface area contributed by atoms with Crippen molar-refractivity contribution in [3.63, 3.8) is 0 Å². The number of nitrogens with one attached hydrogen (secondary N) is 1. The molecule has 6 nitrogen and oxygen atoms in total. The van der Waals surface area contributed by atoms with Crippen LogP contribution < -0.4 is 11.2 Å². The van der Waals surface area contributed by atoms with Crippen LogP contribution in [0.4, 0.5) is 0 Å². The zero-order valence-corrected chi connectivity index (χ0v) is 14.4. The molecule has 0 bridgehead atoms. The quantitative estimate of drug-likeness (QED) is 0.641. The highest BCUT2D eigenvalue weighted by Gasteiger charge is 2.36.